The van der Waals surface area contributed by atoms with E-state index in [9.17, 15) is 21.8 Å². The lowest BCUT2D eigenvalue weighted by Gasteiger charge is -2.21. The maximum atomic E-state index is 14.3. The maximum Gasteiger partial charge on any atom is 0.264 e. The lowest BCUT2D eigenvalue weighted by molar-refractivity contribution is 0.0992. The summed E-state index contributed by atoms with van der Waals surface area (Å²) >= 11 is 0. The Labute approximate surface area is 194 Å². The van der Waals surface area contributed by atoms with Crippen LogP contribution in [0.15, 0.2) is 76.5 Å². The van der Waals surface area contributed by atoms with Crippen LogP contribution in [0.5, 0.6) is 0 Å². The van der Waals surface area contributed by atoms with Gasteiger partial charge in [0.05, 0.1) is 22.8 Å². The van der Waals surface area contributed by atoms with Crippen LogP contribution in [0.2, 0.25) is 0 Å². The van der Waals surface area contributed by atoms with E-state index in [1.54, 1.807) is 24.3 Å². The van der Waals surface area contributed by atoms with Crippen molar-refractivity contribution in [2.75, 3.05) is 29.6 Å². The highest BCUT2D eigenvalue weighted by molar-refractivity contribution is 7.92. The molecule has 0 spiro atoms. The molecule has 0 N–H and O–H groups in total. The van der Waals surface area contributed by atoms with Gasteiger partial charge in [-0.05, 0) is 54.6 Å². The molecule has 1 unspecified atom stereocenters. The van der Waals surface area contributed by atoms with Crippen LogP contribution < -0.4 is 9.21 Å². The number of benzene rings is 3. The first kappa shape index (κ1) is 24.1. The van der Waals surface area contributed by atoms with Crippen LogP contribution in [-0.4, -0.2) is 38.9 Å². The minimum Gasteiger partial charge on any atom is -0.309 e. The second kappa shape index (κ2) is 9.52. The molecule has 10 heteroatoms. The van der Waals surface area contributed by atoms with E-state index in [1.807, 2.05) is 0 Å². The summed E-state index contributed by atoms with van der Waals surface area (Å²) in [7, 11) is -2.46. The highest BCUT2D eigenvalue weighted by Crippen LogP contribution is 2.27. The second-order valence-corrected chi connectivity index (χ2v) is 10.4. The third-order valence-corrected chi connectivity index (χ3v) is 7.72. The molecule has 3 aromatic rings. The quantitative estimate of drug-likeness (QED) is 0.490. The Balaban J connectivity index is 1.91. The number of hydrogen-bond acceptors (Lipinski definition) is 4. The average molecular weight is 486 g/mol. The van der Waals surface area contributed by atoms with E-state index in [0.29, 0.717) is 10.6 Å². The lowest BCUT2D eigenvalue weighted by Crippen LogP contribution is -2.29. The van der Waals surface area contributed by atoms with E-state index in [4.69, 9.17) is 6.57 Å². The monoisotopic (exact) mass is 485 g/mol. The number of amides is 1. The third-order valence-electron chi connectivity index (χ3n) is 5.00. The van der Waals surface area contributed by atoms with Crippen molar-refractivity contribution < 1.29 is 21.8 Å². The van der Waals surface area contributed by atoms with Gasteiger partial charge in [-0.15, -0.1) is 0 Å². The highest BCUT2D eigenvalue weighted by atomic mass is 32.2. The van der Waals surface area contributed by atoms with Gasteiger partial charge in [0.15, 0.2) is 5.69 Å². The summed E-state index contributed by atoms with van der Waals surface area (Å²) < 4.78 is 53.3. The Morgan fingerprint density at radius 1 is 1.03 bits per heavy atom. The first-order valence-corrected chi connectivity index (χ1v) is 12.5. The number of sulfonamides is 1. The Morgan fingerprint density at radius 3 is 2.27 bits per heavy atom. The summed E-state index contributed by atoms with van der Waals surface area (Å²) in [6.45, 7) is 6.95. The summed E-state index contributed by atoms with van der Waals surface area (Å²) in [4.78, 5) is 17.6. The number of rotatable bonds is 6. The smallest absolute Gasteiger partial charge is 0.264 e. The molecule has 7 nitrogen and oxygen atoms in total. The van der Waals surface area contributed by atoms with Gasteiger partial charge in [0.1, 0.15) is 5.82 Å². The topological polar surface area (TPSA) is 79.1 Å². The van der Waals surface area contributed by atoms with Gasteiger partial charge in [0, 0.05) is 41.6 Å². The fourth-order valence-corrected chi connectivity index (χ4v) is 4.84. The van der Waals surface area contributed by atoms with E-state index in [-0.39, 0.29) is 21.8 Å². The Morgan fingerprint density at radius 2 is 1.70 bits per heavy atom. The maximum absolute atomic E-state index is 14.3. The van der Waals surface area contributed by atoms with Crippen LogP contribution >= 0.6 is 0 Å². The predicted molar refractivity (Wildman–Crippen MR) is 126 cm³/mol. The molecule has 170 valence electrons. The number of carbonyl (C=O) groups excluding carboxylic acids is 1. The molecule has 0 aliphatic heterocycles. The molecule has 3 rings (SSSR count). The van der Waals surface area contributed by atoms with E-state index in [0.717, 1.165) is 15.3 Å². The van der Waals surface area contributed by atoms with Crippen LogP contribution in [0.1, 0.15) is 10.4 Å². The molecule has 1 atom stereocenters. The van der Waals surface area contributed by atoms with E-state index < -0.39 is 32.5 Å². The van der Waals surface area contributed by atoms with Crippen LogP contribution in [0.4, 0.5) is 21.5 Å². The zero-order valence-corrected chi connectivity index (χ0v) is 19.7. The van der Waals surface area contributed by atoms with Crippen molar-refractivity contribution in [1.82, 2.24) is 0 Å². The molecule has 0 radical (unpaired) electrons. The van der Waals surface area contributed by atoms with Crippen molar-refractivity contribution in [1.29, 1.82) is 0 Å². The number of carbonyl (C=O) groups is 1. The molecular formula is C23H20FN3O4S2. The van der Waals surface area contributed by atoms with Gasteiger partial charge in [0.2, 0.25) is 0 Å². The molecule has 0 fully saturated rings. The first-order valence-electron chi connectivity index (χ1n) is 9.54. The molecule has 33 heavy (non-hydrogen) atoms. The van der Waals surface area contributed by atoms with Crippen molar-refractivity contribution in [3.05, 3.63) is 89.5 Å². The zero-order chi connectivity index (χ0) is 24.3. The Bertz CT molecular complexity index is 1380. The molecule has 0 aliphatic carbocycles. The third kappa shape index (κ3) is 4.94. The molecular weight excluding hydrogens is 465 g/mol. The first-order chi connectivity index (χ1) is 15.6. The minimum atomic E-state index is -4.01. The number of nitrogens with zero attached hydrogens (tertiary/aromatic N) is 3. The fraction of sp³-hybridized carbons (Fsp3) is 0.130. The largest absolute Gasteiger partial charge is 0.309 e. The van der Waals surface area contributed by atoms with Crippen molar-refractivity contribution in [2.45, 2.75) is 9.79 Å². The zero-order valence-electron chi connectivity index (χ0n) is 18.0. The fourth-order valence-electron chi connectivity index (χ4n) is 3.07. The highest BCUT2D eigenvalue weighted by Gasteiger charge is 2.24. The molecule has 0 saturated heterocycles. The van der Waals surface area contributed by atoms with Gasteiger partial charge < -0.3 is 4.90 Å². The summed E-state index contributed by atoms with van der Waals surface area (Å²) in [5, 5.41) is 0. The molecule has 1 amide bonds. The summed E-state index contributed by atoms with van der Waals surface area (Å²) in [6, 6.07) is 15.5. The van der Waals surface area contributed by atoms with Gasteiger partial charge in [0.25, 0.3) is 15.9 Å². The molecule has 0 saturated carbocycles. The number of halogens is 1. The minimum absolute atomic E-state index is 0.0359. The Kier molecular flexibility index (Phi) is 6.95. The lowest BCUT2D eigenvalue weighted by atomic mass is 10.2. The summed E-state index contributed by atoms with van der Waals surface area (Å²) in [5.41, 5.74) is 0.481. The van der Waals surface area contributed by atoms with E-state index in [1.165, 1.54) is 56.7 Å². The van der Waals surface area contributed by atoms with Crippen molar-refractivity contribution in [3.8, 4) is 0 Å². The average Bonchev–Trinajstić information content (AvgIpc) is 2.82. The van der Waals surface area contributed by atoms with Crippen molar-refractivity contribution in [3.63, 3.8) is 0 Å². The van der Waals surface area contributed by atoms with E-state index >= 15 is 0 Å². The van der Waals surface area contributed by atoms with Crippen molar-refractivity contribution >= 4 is 43.8 Å². The predicted octanol–water partition coefficient (Wildman–Crippen LogP) is 4.22. The summed E-state index contributed by atoms with van der Waals surface area (Å²) in [6.07, 6.45) is 1.53. The molecule has 0 bridgehead atoms. The van der Waals surface area contributed by atoms with Crippen LogP contribution in [0, 0.1) is 12.4 Å². The number of hydrogen-bond donors (Lipinski definition) is 0. The standard InChI is InChI=1S/C23H20FN3O4S2/c1-25-17-8-13-22(21(24)15-17)26(2)23(28)16-6-5-7-20(14-16)33(30,31)27(3)18-9-11-19(12-10-18)32(4)29/h5-15H,2-4H3. The van der Waals surface area contributed by atoms with Gasteiger partial charge in [-0.25, -0.2) is 17.7 Å². The molecule has 3 aromatic carbocycles. The van der Waals surface area contributed by atoms with Crippen LogP contribution in [0.25, 0.3) is 4.85 Å². The Hall–Kier alpha value is -3.55. The van der Waals surface area contributed by atoms with Gasteiger partial charge in [-0.2, -0.15) is 0 Å². The van der Waals surface area contributed by atoms with Crippen molar-refractivity contribution in [2.24, 2.45) is 0 Å². The van der Waals surface area contributed by atoms with Crippen LogP contribution in [0.3, 0.4) is 0 Å². The SMILES string of the molecule is [C-]#[N+]c1ccc(N(C)C(=O)c2cccc(S(=O)(=O)N(C)c3ccc(S(C)=O)cc3)c2)c(F)c1. The van der Waals surface area contributed by atoms with Gasteiger partial charge in [-0.1, -0.05) is 12.1 Å². The van der Waals surface area contributed by atoms with Gasteiger partial charge in [-0.3, -0.25) is 13.3 Å². The molecule has 0 aromatic heterocycles. The number of anilines is 2. The molecule has 0 heterocycles. The summed E-state index contributed by atoms with van der Waals surface area (Å²) in [5.74, 6) is -1.35. The van der Waals surface area contributed by atoms with E-state index in [2.05, 4.69) is 4.85 Å². The van der Waals surface area contributed by atoms with Crippen LogP contribution in [-0.2, 0) is 20.8 Å². The van der Waals surface area contributed by atoms with Gasteiger partial charge >= 0.3 is 0 Å². The second-order valence-electron chi connectivity index (χ2n) is 7.06. The molecule has 0 aliphatic rings. The normalized spacial score (nSPS) is 12.0.